The standard InChI is InChI=1S/C49H39BF2N2/c1-5-32-28-44(53-48(32)42-26-34-18-7-9-20-36(34)38-22-11-13-24-40(38)42)47(46-30(3)16-15-17-31(46)4)45-29-33(6-2)49(54(45)50(51)52)43-27-35-19-8-10-21-37(35)39-23-12-14-25-41(39)43/h7-29H,5-6H2,1-4H3/b47-44+. The molecule has 0 bridgehead atoms. The molecule has 54 heavy (non-hydrogen) atoms. The minimum absolute atomic E-state index is 0.474. The molecule has 2 heterocycles. The van der Waals surface area contributed by atoms with Gasteiger partial charge in [0.25, 0.3) is 0 Å². The molecule has 1 aromatic heterocycles. The minimum Gasteiger partial charge on any atom is -0.324 e. The van der Waals surface area contributed by atoms with Crippen LogP contribution in [0.1, 0.15) is 53.8 Å². The first-order chi connectivity index (χ1) is 26.4. The lowest BCUT2D eigenvalue weighted by Gasteiger charge is -2.19. The van der Waals surface area contributed by atoms with Gasteiger partial charge in [0.2, 0.25) is 0 Å². The van der Waals surface area contributed by atoms with E-state index >= 15 is 8.63 Å². The van der Waals surface area contributed by atoms with Crippen LogP contribution in [0.3, 0.4) is 0 Å². The van der Waals surface area contributed by atoms with E-state index in [2.05, 4.69) is 131 Å². The van der Waals surface area contributed by atoms with Crippen molar-refractivity contribution < 1.29 is 8.63 Å². The summed E-state index contributed by atoms with van der Waals surface area (Å²) in [6, 6.07) is 45.8. The highest BCUT2D eigenvalue weighted by molar-refractivity contribution is 6.42. The normalized spacial score (nSPS) is 14.0. The van der Waals surface area contributed by atoms with Crippen molar-refractivity contribution in [3.8, 4) is 11.3 Å². The Bertz CT molecular complexity index is 2890. The first kappa shape index (κ1) is 33.8. The smallest absolute Gasteiger partial charge is 0.324 e. The molecule has 0 unspecified atom stereocenters. The van der Waals surface area contributed by atoms with Crippen LogP contribution in [-0.4, -0.2) is 17.6 Å². The molecule has 9 rings (SSSR count). The summed E-state index contributed by atoms with van der Waals surface area (Å²) in [5, 5.41) is 8.76. The maximum atomic E-state index is 16.1. The largest absolute Gasteiger partial charge is 0.678 e. The summed E-state index contributed by atoms with van der Waals surface area (Å²) in [6.07, 6.45) is 3.47. The van der Waals surface area contributed by atoms with Gasteiger partial charge < -0.3 is 4.48 Å². The zero-order valence-electron chi connectivity index (χ0n) is 30.9. The Labute approximate surface area is 315 Å². The highest BCUT2D eigenvalue weighted by atomic mass is 19.2. The molecule has 0 aliphatic carbocycles. The lowest BCUT2D eigenvalue weighted by Crippen LogP contribution is -2.18. The van der Waals surface area contributed by atoms with Crippen molar-refractivity contribution in [2.45, 2.75) is 40.5 Å². The molecule has 8 aromatic rings. The number of allylic oxidation sites excluding steroid dienone is 2. The number of benzene rings is 7. The van der Waals surface area contributed by atoms with E-state index in [9.17, 15) is 0 Å². The monoisotopic (exact) mass is 704 g/mol. The van der Waals surface area contributed by atoms with Crippen molar-refractivity contribution in [3.05, 3.63) is 184 Å². The van der Waals surface area contributed by atoms with E-state index < -0.39 is 7.40 Å². The SMILES string of the molecule is CCC1=C/C(=C(\c2c(C)cccc2C)c2cc(CC)c(-c3cc4ccccc4c4ccccc34)n2B(F)F)N=C1c1cc2ccccc2c2ccccc12. The van der Waals surface area contributed by atoms with Gasteiger partial charge in [0.15, 0.2) is 0 Å². The lowest BCUT2D eigenvalue weighted by atomic mass is 9.90. The maximum absolute atomic E-state index is 16.1. The Morgan fingerprint density at radius 3 is 1.67 bits per heavy atom. The highest BCUT2D eigenvalue weighted by Crippen LogP contribution is 2.44. The Morgan fingerprint density at radius 2 is 1.11 bits per heavy atom. The summed E-state index contributed by atoms with van der Waals surface area (Å²) in [7, 11) is -2.80. The number of rotatable bonds is 7. The van der Waals surface area contributed by atoms with Crippen LogP contribution in [0.25, 0.3) is 59.9 Å². The number of aromatic nitrogens is 1. The van der Waals surface area contributed by atoms with E-state index in [1.807, 2.05) is 36.4 Å². The van der Waals surface area contributed by atoms with Crippen LogP contribution >= 0.6 is 0 Å². The Hall–Kier alpha value is -6.07. The summed E-state index contributed by atoms with van der Waals surface area (Å²) in [4.78, 5) is 5.48. The van der Waals surface area contributed by atoms with Crippen LogP contribution in [0, 0.1) is 13.8 Å². The summed E-state index contributed by atoms with van der Waals surface area (Å²) >= 11 is 0. The van der Waals surface area contributed by atoms with Gasteiger partial charge in [0.05, 0.1) is 11.4 Å². The molecule has 0 fully saturated rings. The van der Waals surface area contributed by atoms with E-state index in [0.717, 1.165) is 89.0 Å². The zero-order chi connectivity index (χ0) is 37.1. The van der Waals surface area contributed by atoms with Crippen LogP contribution in [-0.2, 0) is 6.42 Å². The lowest BCUT2D eigenvalue weighted by molar-refractivity contribution is 0.629. The summed E-state index contributed by atoms with van der Waals surface area (Å²) < 4.78 is 33.5. The van der Waals surface area contributed by atoms with E-state index in [1.54, 1.807) is 0 Å². The van der Waals surface area contributed by atoms with Crippen molar-refractivity contribution in [1.29, 1.82) is 0 Å². The molecule has 7 aromatic carbocycles. The second-order valence-electron chi connectivity index (χ2n) is 14.3. The molecule has 0 N–H and O–H groups in total. The van der Waals surface area contributed by atoms with E-state index in [0.29, 0.717) is 23.5 Å². The third-order valence-corrected chi connectivity index (χ3v) is 11.2. The predicted octanol–water partition coefficient (Wildman–Crippen LogP) is 13.3. The zero-order valence-corrected chi connectivity index (χ0v) is 30.9. The number of aliphatic imine (C=N–C) groups is 1. The van der Waals surface area contributed by atoms with E-state index in [-0.39, 0.29) is 0 Å². The first-order valence-corrected chi connectivity index (χ1v) is 18.8. The fraction of sp³-hybridized carbons (Fsp3) is 0.122. The molecule has 0 saturated carbocycles. The Morgan fingerprint density at radius 1 is 0.593 bits per heavy atom. The van der Waals surface area contributed by atoms with Gasteiger partial charge in [0.1, 0.15) is 0 Å². The molecule has 0 amide bonds. The molecule has 1 aliphatic heterocycles. The van der Waals surface area contributed by atoms with E-state index in [4.69, 9.17) is 4.99 Å². The van der Waals surface area contributed by atoms with Gasteiger partial charge in [-0.1, -0.05) is 129 Å². The van der Waals surface area contributed by atoms with Crippen LogP contribution in [0.15, 0.2) is 156 Å². The van der Waals surface area contributed by atoms with Crippen LogP contribution in [0.5, 0.6) is 0 Å². The number of aryl methyl sites for hydroxylation is 3. The molecule has 0 spiro atoms. The number of fused-ring (bicyclic) bond motifs is 6. The third-order valence-electron chi connectivity index (χ3n) is 11.2. The van der Waals surface area contributed by atoms with Crippen molar-refractivity contribution >= 4 is 61.8 Å². The van der Waals surface area contributed by atoms with Gasteiger partial charge >= 0.3 is 7.40 Å². The van der Waals surface area contributed by atoms with Gasteiger partial charge in [0, 0.05) is 28.1 Å². The molecular weight excluding hydrogens is 665 g/mol. The average molecular weight is 705 g/mol. The molecule has 5 heteroatoms. The fourth-order valence-electron chi connectivity index (χ4n) is 8.73. The van der Waals surface area contributed by atoms with Crippen molar-refractivity contribution in [2.24, 2.45) is 4.99 Å². The van der Waals surface area contributed by atoms with Crippen LogP contribution in [0.4, 0.5) is 8.63 Å². The van der Waals surface area contributed by atoms with Gasteiger partial charge in [-0.3, -0.25) is 8.63 Å². The number of nitrogens with zero attached hydrogens (tertiary/aromatic N) is 2. The average Bonchev–Trinajstić information content (AvgIpc) is 3.81. The van der Waals surface area contributed by atoms with Crippen LogP contribution < -0.4 is 0 Å². The molecule has 1 aliphatic rings. The minimum atomic E-state index is -2.80. The second-order valence-corrected chi connectivity index (χ2v) is 14.3. The van der Waals surface area contributed by atoms with Gasteiger partial charge in [-0.2, -0.15) is 0 Å². The number of hydrogen-bond donors (Lipinski definition) is 0. The Kier molecular flexibility index (Phi) is 8.38. The quantitative estimate of drug-likeness (QED) is 0.116. The van der Waals surface area contributed by atoms with Gasteiger partial charge in [-0.25, -0.2) is 4.99 Å². The fourth-order valence-corrected chi connectivity index (χ4v) is 8.73. The molecule has 0 saturated heterocycles. The third kappa shape index (κ3) is 5.33. The first-order valence-electron chi connectivity index (χ1n) is 18.8. The Balaban J connectivity index is 1.38. The molecule has 2 nitrogen and oxygen atoms in total. The number of halogens is 2. The van der Waals surface area contributed by atoms with Crippen molar-refractivity contribution in [2.75, 3.05) is 0 Å². The summed E-state index contributed by atoms with van der Waals surface area (Å²) in [6.45, 7) is 8.33. The molecule has 0 radical (unpaired) electrons. The number of hydrogen-bond acceptors (Lipinski definition) is 1. The highest BCUT2D eigenvalue weighted by Gasteiger charge is 2.33. The van der Waals surface area contributed by atoms with Gasteiger partial charge in [-0.15, -0.1) is 0 Å². The second kappa shape index (κ2) is 13.4. The van der Waals surface area contributed by atoms with Crippen molar-refractivity contribution in [3.63, 3.8) is 0 Å². The van der Waals surface area contributed by atoms with Crippen molar-refractivity contribution in [1.82, 2.24) is 4.48 Å². The molecule has 262 valence electrons. The summed E-state index contributed by atoms with van der Waals surface area (Å²) in [5.74, 6) is 0. The molecular formula is C49H39BF2N2. The topological polar surface area (TPSA) is 17.3 Å². The van der Waals surface area contributed by atoms with Crippen LogP contribution in [0.2, 0.25) is 0 Å². The molecule has 0 atom stereocenters. The van der Waals surface area contributed by atoms with Gasteiger partial charge in [-0.05, 0) is 122 Å². The maximum Gasteiger partial charge on any atom is 0.678 e. The summed E-state index contributed by atoms with van der Waals surface area (Å²) in [5.41, 5.74) is 10.1. The van der Waals surface area contributed by atoms with E-state index in [1.165, 1.54) is 15.3 Å². The predicted molar refractivity (Wildman–Crippen MR) is 226 cm³/mol.